The molecule has 9 heteroatoms. The van der Waals surface area contributed by atoms with Gasteiger partial charge in [-0.2, -0.15) is 13.2 Å². The van der Waals surface area contributed by atoms with Crippen LogP contribution in [0.1, 0.15) is 40.7 Å². The van der Waals surface area contributed by atoms with E-state index >= 15 is 0 Å². The molecule has 0 saturated heterocycles. The van der Waals surface area contributed by atoms with Crippen LogP contribution in [0.5, 0.6) is 0 Å². The topological polar surface area (TPSA) is 105 Å². The van der Waals surface area contributed by atoms with E-state index in [1.807, 2.05) is 48.5 Å². The van der Waals surface area contributed by atoms with E-state index in [1.165, 1.54) is 0 Å². The summed E-state index contributed by atoms with van der Waals surface area (Å²) in [6.45, 7) is 0.114. The van der Waals surface area contributed by atoms with Crippen molar-refractivity contribution in [3.8, 4) is 11.1 Å². The Kier molecular flexibility index (Phi) is 7.00. The van der Waals surface area contributed by atoms with E-state index in [0.29, 0.717) is 6.07 Å². The number of alkyl carbamates (subject to hydrolysis) is 1. The van der Waals surface area contributed by atoms with Gasteiger partial charge in [-0.25, -0.2) is 4.79 Å². The van der Waals surface area contributed by atoms with Gasteiger partial charge in [-0.3, -0.25) is 0 Å². The highest BCUT2D eigenvalue weighted by molar-refractivity contribution is 5.79. The van der Waals surface area contributed by atoms with E-state index in [2.05, 4.69) is 5.32 Å². The van der Waals surface area contributed by atoms with Crippen molar-refractivity contribution in [1.29, 1.82) is 0 Å². The van der Waals surface area contributed by atoms with Gasteiger partial charge >= 0.3 is 12.3 Å². The summed E-state index contributed by atoms with van der Waals surface area (Å²) in [7, 11) is 0. The monoisotopic (exact) mass is 486 g/mol. The molecule has 4 rings (SSSR count). The zero-order valence-corrected chi connectivity index (χ0v) is 18.6. The van der Waals surface area contributed by atoms with Crippen LogP contribution in [0.15, 0.2) is 66.7 Å². The minimum absolute atomic E-state index is 0.0184. The van der Waals surface area contributed by atoms with Crippen LogP contribution in [-0.2, 0) is 10.9 Å². The highest BCUT2D eigenvalue weighted by Crippen LogP contribution is 2.44. The fourth-order valence-electron chi connectivity index (χ4n) is 4.36. The first-order valence-corrected chi connectivity index (χ1v) is 11.1. The number of nitrogens with one attached hydrogen (secondary N) is 1. The predicted molar refractivity (Wildman–Crippen MR) is 125 cm³/mol. The number of nitrogens with two attached hydrogens (primary N) is 1. The Morgan fingerprint density at radius 3 is 2.17 bits per heavy atom. The van der Waals surface area contributed by atoms with Gasteiger partial charge in [0.1, 0.15) is 12.7 Å². The average molecular weight is 486 g/mol. The first-order chi connectivity index (χ1) is 16.7. The second kappa shape index (κ2) is 9.97. The quantitative estimate of drug-likeness (QED) is 0.365. The average Bonchev–Trinajstić information content (AvgIpc) is 3.15. The van der Waals surface area contributed by atoms with Crippen LogP contribution in [-0.4, -0.2) is 35.6 Å². The number of benzene rings is 3. The summed E-state index contributed by atoms with van der Waals surface area (Å²) >= 11 is 0. The van der Waals surface area contributed by atoms with Crippen molar-refractivity contribution in [3.05, 3.63) is 89.0 Å². The van der Waals surface area contributed by atoms with Crippen LogP contribution < -0.4 is 11.1 Å². The third-order valence-electron chi connectivity index (χ3n) is 6.15. The standard InChI is InChI=1S/C26H25F3N2O4/c27-26(28,29)15-9-10-20(22(30)13-15)24(33)23(32)11-12-31-25(34)35-14-21-18-7-3-1-5-16(18)17-6-2-4-8-19(17)21/h1-10,13,21,23-24,32-33H,11-12,14,30H2,(H,31,34). The van der Waals surface area contributed by atoms with Gasteiger partial charge in [0.05, 0.1) is 11.7 Å². The van der Waals surface area contributed by atoms with E-state index in [1.54, 1.807) is 0 Å². The number of rotatable bonds is 7. The molecule has 1 aliphatic carbocycles. The molecule has 2 unspecified atom stereocenters. The molecule has 184 valence electrons. The number of hydrogen-bond donors (Lipinski definition) is 4. The van der Waals surface area contributed by atoms with Crippen LogP contribution in [0.3, 0.4) is 0 Å². The summed E-state index contributed by atoms with van der Waals surface area (Å²) in [5.41, 5.74) is 8.76. The minimum atomic E-state index is -4.57. The summed E-state index contributed by atoms with van der Waals surface area (Å²) in [6.07, 6.45) is -8.18. The number of aliphatic hydroxyl groups excluding tert-OH is 2. The number of fused-ring (bicyclic) bond motifs is 3. The van der Waals surface area contributed by atoms with E-state index in [4.69, 9.17) is 10.5 Å². The van der Waals surface area contributed by atoms with Gasteiger partial charge in [-0.1, -0.05) is 54.6 Å². The SMILES string of the molecule is Nc1cc(C(F)(F)F)ccc1C(O)C(O)CCNC(=O)OCC1c2ccccc2-c2ccccc21. The maximum absolute atomic E-state index is 12.8. The Balaban J connectivity index is 1.28. The lowest BCUT2D eigenvalue weighted by atomic mass is 9.98. The number of nitrogen functional groups attached to an aromatic ring is 1. The van der Waals surface area contributed by atoms with Crippen molar-refractivity contribution < 1.29 is 32.9 Å². The minimum Gasteiger partial charge on any atom is -0.449 e. The molecule has 0 aromatic heterocycles. The highest BCUT2D eigenvalue weighted by Gasteiger charge is 2.32. The third-order valence-corrected chi connectivity index (χ3v) is 6.15. The second-order valence-corrected chi connectivity index (χ2v) is 8.39. The van der Waals surface area contributed by atoms with E-state index in [0.717, 1.165) is 34.4 Å². The number of ether oxygens (including phenoxy) is 1. The summed E-state index contributed by atoms with van der Waals surface area (Å²) in [6, 6.07) is 18.4. The molecular formula is C26H25F3N2O4. The fourth-order valence-corrected chi connectivity index (χ4v) is 4.36. The van der Waals surface area contributed by atoms with Gasteiger partial charge in [0.25, 0.3) is 0 Å². The van der Waals surface area contributed by atoms with Crippen LogP contribution in [0, 0.1) is 0 Å². The van der Waals surface area contributed by atoms with Crippen molar-refractivity contribution in [1.82, 2.24) is 5.32 Å². The molecule has 0 heterocycles. The molecule has 2 atom stereocenters. The van der Waals surface area contributed by atoms with Crippen LogP contribution in [0.4, 0.5) is 23.7 Å². The van der Waals surface area contributed by atoms with Crippen molar-refractivity contribution in [2.75, 3.05) is 18.9 Å². The summed E-state index contributed by atoms with van der Waals surface area (Å²) in [5.74, 6) is -0.0943. The molecule has 6 nitrogen and oxygen atoms in total. The van der Waals surface area contributed by atoms with Gasteiger partial charge in [0, 0.05) is 23.7 Å². The summed E-state index contributed by atoms with van der Waals surface area (Å²) in [4.78, 5) is 12.2. The predicted octanol–water partition coefficient (Wildman–Crippen LogP) is 4.61. The van der Waals surface area contributed by atoms with Gasteiger partial charge in [-0.15, -0.1) is 0 Å². The Morgan fingerprint density at radius 2 is 1.60 bits per heavy atom. The largest absolute Gasteiger partial charge is 0.449 e. The lowest BCUT2D eigenvalue weighted by Gasteiger charge is -2.21. The van der Waals surface area contributed by atoms with Gasteiger partial charge in [0.2, 0.25) is 0 Å². The molecule has 0 bridgehead atoms. The Bertz CT molecular complexity index is 1170. The Labute approximate surface area is 200 Å². The molecule has 1 amide bonds. The lowest BCUT2D eigenvalue weighted by Crippen LogP contribution is -2.31. The second-order valence-electron chi connectivity index (χ2n) is 8.39. The first kappa shape index (κ1) is 24.6. The molecule has 0 radical (unpaired) electrons. The fraction of sp³-hybridized carbons (Fsp3) is 0.269. The Hall–Kier alpha value is -3.56. The molecule has 35 heavy (non-hydrogen) atoms. The molecule has 3 aromatic rings. The van der Waals surface area contributed by atoms with Gasteiger partial charge in [-0.05, 0) is 40.8 Å². The molecular weight excluding hydrogens is 461 g/mol. The molecule has 0 fully saturated rings. The number of aliphatic hydroxyl groups is 2. The normalized spacial score (nSPS) is 14.7. The lowest BCUT2D eigenvalue weighted by molar-refractivity contribution is -0.137. The number of carbonyl (C=O) groups excluding carboxylic acids is 1. The Morgan fingerprint density at radius 1 is 1.00 bits per heavy atom. The number of halogens is 3. The van der Waals surface area contributed by atoms with Crippen molar-refractivity contribution in [2.45, 2.75) is 30.7 Å². The van der Waals surface area contributed by atoms with Gasteiger partial charge < -0.3 is 26.0 Å². The molecule has 0 aliphatic heterocycles. The number of amides is 1. The number of alkyl halides is 3. The van der Waals surface area contributed by atoms with Crippen molar-refractivity contribution in [3.63, 3.8) is 0 Å². The number of hydrogen-bond acceptors (Lipinski definition) is 5. The zero-order valence-electron chi connectivity index (χ0n) is 18.6. The molecule has 1 aliphatic rings. The number of carbonyl (C=O) groups is 1. The molecule has 3 aromatic carbocycles. The maximum atomic E-state index is 12.8. The smallest absolute Gasteiger partial charge is 0.416 e. The van der Waals surface area contributed by atoms with Crippen molar-refractivity contribution >= 4 is 11.8 Å². The first-order valence-electron chi connectivity index (χ1n) is 11.1. The molecule has 5 N–H and O–H groups in total. The van der Waals surface area contributed by atoms with Crippen LogP contribution in [0.2, 0.25) is 0 Å². The van der Waals surface area contributed by atoms with Gasteiger partial charge in [0.15, 0.2) is 0 Å². The molecule has 0 spiro atoms. The van der Waals surface area contributed by atoms with Crippen LogP contribution >= 0.6 is 0 Å². The summed E-state index contributed by atoms with van der Waals surface area (Å²) in [5, 5.41) is 23.1. The highest BCUT2D eigenvalue weighted by atomic mass is 19.4. The zero-order chi connectivity index (χ0) is 25.2. The third kappa shape index (κ3) is 5.26. The van der Waals surface area contributed by atoms with E-state index in [9.17, 15) is 28.2 Å². The van der Waals surface area contributed by atoms with Crippen molar-refractivity contribution in [2.24, 2.45) is 0 Å². The number of anilines is 1. The van der Waals surface area contributed by atoms with E-state index < -0.39 is 30.0 Å². The summed E-state index contributed by atoms with van der Waals surface area (Å²) < 4.78 is 43.8. The van der Waals surface area contributed by atoms with E-state index in [-0.39, 0.29) is 36.7 Å². The maximum Gasteiger partial charge on any atom is 0.416 e. The van der Waals surface area contributed by atoms with Crippen LogP contribution in [0.25, 0.3) is 11.1 Å². The molecule has 0 saturated carbocycles.